The minimum atomic E-state index is -0.225. The first kappa shape index (κ1) is 20.7. The van der Waals surface area contributed by atoms with Crippen LogP contribution in [0.3, 0.4) is 0 Å². The molecule has 0 amide bonds. The third-order valence-electron chi connectivity index (χ3n) is 9.86. The van der Waals surface area contributed by atoms with E-state index in [4.69, 9.17) is 4.74 Å². The first-order chi connectivity index (χ1) is 15.4. The number of fused-ring (bicyclic) bond motifs is 5. The van der Waals surface area contributed by atoms with Crippen molar-refractivity contribution >= 4 is 5.57 Å². The number of hydrogen-bond acceptors (Lipinski definition) is 2. The van der Waals surface area contributed by atoms with Gasteiger partial charge in [0, 0.05) is 12.6 Å². The second-order valence-electron chi connectivity index (χ2n) is 11.5. The first-order valence-electron chi connectivity index (χ1n) is 12.8. The summed E-state index contributed by atoms with van der Waals surface area (Å²) in [6.07, 6.45) is 18.0. The third-order valence-corrected chi connectivity index (χ3v) is 9.86. The van der Waals surface area contributed by atoms with Crippen molar-refractivity contribution < 1.29 is 9.13 Å². The van der Waals surface area contributed by atoms with Crippen LogP contribution in [0.5, 0.6) is 0 Å². The number of nitrogens with zero attached hydrogens (tertiary/aromatic N) is 1. The van der Waals surface area contributed by atoms with E-state index in [0.29, 0.717) is 5.92 Å². The van der Waals surface area contributed by atoms with Crippen LogP contribution in [0.15, 0.2) is 47.5 Å². The van der Waals surface area contributed by atoms with Crippen LogP contribution in [0.25, 0.3) is 5.57 Å². The minimum absolute atomic E-state index is 0.139. The van der Waals surface area contributed by atoms with Crippen LogP contribution in [0, 0.1) is 40.3 Å². The molecule has 2 fully saturated rings. The van der Waals surface area contributed by atoms with Crippen LogP contribution in [0.2, 0.25) is 0 Å². The molecule has 1 heterocycles. The van der Waals surface area contributed by atoms with Crippen LogP contribution in [0.4, 0.5) is 4.39 Å². The van der Waals surface area contributed by atoms with Crippen molar-refractivity contribution in [2.75, 3.05) is 6.61 Å². The number of halogens is 1. The molecule has 2 nitrogen and oxygen atoms in total. The summed E-state index contributed by atoms with van der Waals surface area (Å²) in [4.78, 5) is 4.17. The van der Waals surface area contributed by atoms with E-state index in [2.05, 4.69) is 37.9 Å². The van der Waals surface area contributed by atoms with E-state index in [-0.39, 0.29) is 16.6 Å². The van der Waals surface area contributed by atoms with E-state index in [0.717, 1.165) is 42.8 Å². The van der Waals surface area contributed by atoms with Gasteiger partial charge in [-0.3, -0.25) is 4.98 Å². The Morgan fingerprint density at radius 2 is 1.94 bits per heavy atom. The lowest BCUT2D eigenvalue weighted by atomic mass is 9.46. The topological polar surface area (TPSA) is 22.1 Å². The largest absolute Gasteiger partial charge is 0.498 e. The van der Waals surface area contributed by atoms with Crippen molar-refractivity contribution in [2.45, 2.75) is 72.1 Å². The van der Waals surface area contributed by atoms with Gasteiger partial charge in [0.2, 0.25) is 0 Å². The molecule has 0 N–H and O–H groups in total. The van der Waals surface area contributed by atoms with Gasteiger partial charge in [0.1, 0.15) is 5.82 Å². The summed E-state index contributed by atoms with van der Waals surface area (Å²) in [5.41, 5.74) is 6.18. The van der Waals surface area contributed by atoms with Gasteiger partial charge in [0.25, 0.3) is 0 Å². The highest BCUT2D eigenvalue weighted by Crippen LogP contribution is 2.68. The maximum atomic E-state index is 14.0. The van der Waals surface area contributed by atoms with Crippen molar-refractivity contribution in [3.05, 3.63) is 58.9 Å². The lowest BCUT2D eigenvalue weighted by molar-refractivity contribution is -0.00907. The van der Waals surface area contributed by atoms with Crippen molar-refractivity contribution in [1.82, 2.24) is 4.98 Å². The molecule has 0 radical (unpaired) electrons. The summed E-state index contributed by atoms with van der Waals surface area (Å²) in [5.74, 6) is 3.92. The summed E-state index contributed by atoms with van der Waals surface area (Å²) in [5, 5.41) is 0. The molecule has 1 aromatic heterocycles. The maximum absolute atomic E-state index is 14.0. The zero-order chi connectivity index (χ0) is 22.1. The Balaban J connectivity index is 1.38. The molecular formula is C29H36FNO. The molecule has 0 spiro atoms. The van der Waals surface area contributed by atoms with Crippen molar-refractivity contribution in [3.8, 4) is 0 Å². The van der Waals surface area contributed by atoms with E-state index >= 15 is 0 Å². The van der Waals surface area contributed by atoms with Crippen LogP contribution < -0.4 is 0 Å². The second kappa shape index (κ2) is 7.30. The lowest BCUT2D eigenvalue weighted by Crippen LogP contribution is -2.49. The van der Waals surface area contributed by atoms with Crippen molar-refractivity contribution in [1.29, 1.82) is 0 Å². The molecule has 0 saturated heterocycles. The Hall–Kier alpha value is -1.90. The summed E-state index contributed by atoms with van der Waals surface area (Å²) < 4.78 is 20.0. The van der Waals surface area contributed by atoms with Crippen LogP contribution in [-0.4, -0.2) is 11.6 Å². The molecule has 6 rings (SSSR count). The number of rotatable bonds is 4. The molecule has 0 aromatic carbocycles. The molecule has 5 atom stereocenters. The first-order valence-corrected chi connectivity index (χ1v) is 12.8. The van der Waals surface area contributed by atoms with Gasteiger partial charge < -0.3 is 4.74 Å². The Morgan fingerprint density at radius 3 is 2.69 bits per heavy atom. The fraction of sp³-hybridized carbons (Fsp3) is 0.621. The highest BCUT2D eigenvalue weighted by Gasteiger charge is 2.58. The van der Waals surface area contributed by atoms with Crippen molar-refractivity contribution in [2.24, 2.45) is 34.5 Å². The van der Waals surface area contributed by atoms with Gasteiger partial charge in [0.05, 0.1) is 18.6 Å². The molecule has 0 bridgehead atoms. The second-order valence-corrected chi connectivity index (χ2v) is 11.5. The van der Waals surface area contributed by atoms with E-state index in [1.165, 1.54) is 56.1 Å². The van der Waals surface area contributed by atoms with E-state index in [1.807, 2.05) is 6.20 Å². The zero-order valence-electron chi connectivity index (χ0n) is 19.8. The number of hydrogen-bond donors (Lipinski definition) is 0. The molecule has 5 aliphatic rings. The summed E-state index contributed by atoms with van der Waals surface area (Å²) in [6.45, 7) is 7.90. The van der Waals surface area contributed by atoms with Crippen molar-refractivity contribution in [3.63, 3.8) is 0 Å². The van der Waals surface area contributed by atoms with Crippen LogP contribution in [0.1, 0.15) is 77.7 Å². The Labute approximate surface area is 192 Å². The molecule has 3 heteroatoms. The van der Waals surface area contributed by atoms with E-state index < -0.39 is 0 Å². The Morgan fingerprint density at radius 1 is 1.09 bits per heavy atom. The monoisotopic (exact) mass is 433 g/mol. The van der Waals surface area contributed by atoms with Gasteiger partial charge in [-0.2, -0.15) is 0 Å². The van der Waals surface area contributed by atoms with Gasteiger partial charge in [-0.15, -0.1) is 0 Å². The van der Waals surface area contributed by atoms with Gasteiger partial charge in [-0.25, -0.2) is 4.39 Å². The molecule has 5 unspecified atom stereocenters. The highest BCUT2D eigenvalue weighted by molar-refractivity contribution is 5.72. The average Bonchev–Trinajstić information content (AvgIpc) is 3.55. The summed E-state index contributed by atoms with van der Waals surface area (Å²) >= 11 is 0. The number of allylic oxidation sites excluding steroid dienone is 6. The van der Waals surface area contributed by atoms with Crippen LogP contribution >= 0.6 is 0 Å². The molecule has 32 heavy (non-hydrogen) atoms. The van der Waals surface area contributed by atoms with Gasteiger partial charge in [0.15, 0.2) is 0 Å². The zero-order valence-corrected chi connectivity index (χ0v) is 19.8. The third kappa shape index (κ3) is 2.99. The molecule has 2 saturated carbocycles. The summed E-state index contributed by atoms with van der Waals surface area (Å²) in [6, 6.07) is 1.69. The predicted octanol–water partition coefficient (Wildman–Crippen LogP) is 7.49. The average molecular weight is 434 g/mol. The number of ether oxygens (including phenoxy) is 1. The molecule has 5 aliphatic carbocycles. The standard InChI is InChI=1S/C29H36FNO/c1-4-32-21-9-11-29(3)26-10-12-28(2)24(19-13-20(30)17-31-16-19)7-8-25(28)23(26)15-22(18-5-6-18)27(29)14-21/h7,13-14,16-18,23,25-26H,4-6,8-12,15H2,1-3H3. The smallest absolute Gasteiger partial charge is 0.142 e. The van der Waals surface area contributed by atoms with E-state index in [9.17, 15) is 4.39 Å². The highest BCUT2D eigenvalue weighted by atomic mass is 19.1. The lowest BCUT2D eigenvalue weighted by Gasteiger charge is -2.58. The molecular weight excluding hydrogens is 397 g/mol. The quantitative estimate of drug-likeness (QED) is 0.491. The Kier molecular flexibility index (Phi) is 4.72. The Bertz CT molecular complexity index is 1030. The predicted molar refractivity (Wildman–Crippen MR) is 126 cm³/mol. The van der Waals surface area contributed by atoms with Gasteiger partial charge in [-0.1, -0.05) is 25.5 Å². The van der Waals surface area contributed by atoms with Crippen LogP contribution in [-0.2, 0) is 4.74 Å². The SMILES string of the molecule is CCOC1=CC2=C(C3CC3)CC3C4CC=C(c5cncc(F)c5)C4(C)CCC3C2(C)CC1. The molecule has 170 valence electrons. The fourth-order valence-corrected chi connectivity index (χ4v) is 8.18. The van der Waals surface area contributed by atoms with E-state index in [1.54, 1.807) is 17.2 Å². The minimum Gasteiger partial charge on any atom is -0.498 e. The fourth-order valence-electron chi connectivity index (χ4n) is 8.18. The normalized spacial score (nSPS) is 38.4. The van der Waals surface area contributed by atoms with Gasteiger partial charge in [-0.05, 0) is 115 Å². The molecule has 0 aliphatic heterocycles. The number of pyridine rings is 1. The number of aromatic nitrogens is 1. The summed E-state index contributed by atoms with van der Waals surface area (Å²) in [7, 11) is 0. The molecule has 1 aromatic rings. The van der Waals surface area contributed by atoms with Gasteiger partial charge >= 0.3 is 0 Å². The maximum Gasteiger partial charge on any atom is 0.142 e.